The Morgan fingerprint density at radius 3 is 2.26 bits per heavy atom. The van der Waals surface area contributed by atoms with E-state index in [9.17, 15) is 4.39 Å². The van der Waals surface area contributed by atoms with E-state index in [-0.39, 0.29) is 11.6 Å². The molecule has 3 aromatic carbocycles. The molecule has 0 aliphatic heterocycles. The molecule has 1 aliphatic rings. The summed E-state index contributed by atoms with van der Waals surface area (Å²) in [5.74, 6) is 1.15. The highest BCUT2D eigenvalue weighted by atomic mass is 19.1. The molecule has 0 heterocycles. The minimum atomic E-state index is -0.485. The largest absolute Gasteiger partial charge is 0.494 e. The van der Waals surface area contributed by atoms with E-state index in [0.29, 0.717) is 16.5 Å². The van der Waals surface area contributed by atoms with Crippen molar-refractivity contribution in [2.24, 2.45) is 11.8 Å². The average molecular weight is 479 g/mol. The second-order valence-corrected chi connectivity index (χ2v) is 10.5. The molecule has 0 aromatic heterocycles. The fraction of sp³-hybridized carbons (Fsp3) is 0.500. The molecule has 1 nitrogen and oxygen atoms in total. The lowest BCUT2D eigenvalue weighted by molar-refractivity contribution is 0.249. The molecule has 1 aliphatic carbocycles. The van der Waals surface area contributed by atoms with E-state index in [1.54, 1.807) is 18.2 Å². The molecule has 0 unspecified atom stereocenters. The van der Waals surface area contributed by atoms with E-state index in [4.69, 9.17) is 4.74 Å². The van der Waals surface area contributed by atoms with Crippen LogP contribution in [-0.2, 0) is 6.42 Å². The fourth-order valence-corrected chi connectivity index (χ4v) is 5.77. The molecule has 35 heavy (non-hydrogen) atoms. The van der Waals surface area contributed by atoms with Crippen LogP contribution in [0.15, 0.2) is 48.5 Å². The van der Waals surface area contributed by atoms with Crippen LogP contribution in [0.1, 0.15) is 83.1 Å². The second-order valence-electron chi connectivity index (χ2n) is 10.5. The van der Waals surface area contributed by atoms with Gasteiger partial charge in [0.1, 0.15) is 5.82 Å². The number of methoxy groups -OCH3 is 1. The minimum absolute atomic E-state index is 0.162. The second kappa shape index (κ2) is 12.5. The smallest absolute Gasteiger partial charge is 0.165 e. The molecule has 0 radical (unpaired) electrons. The number of hydrogen-bond acceptors (Lipinski definition) is 1. The summed E-state index contributed by atoms with van der Waals surface area (Å²) < 4.78 is 34.4. The van der Waals surface area contributed by atoms with Crippen LogP contribution in [0.3, 0.4) is 0 Å². The summed E-state index contributed by atoms with van der Waals surface area (Å²) in [6.45, 7) is 2.28. The van der Waals surface area contributed by atoms with Crippen LogP contribution in [-0.4, -0.2) is 7.11 Å². The first-order valence-electron chi connectivity index (χ1n) is 13.6. The van der Waals surface area contributed by atoms with Gasteiger partial charge in [-0.1, -0.05) is 108 Å². The van der Waals surface area contributed by atoms with Crippen molar-refractivity contribution in [3.8, 4) is 16.9 Å². The van der Waals surface area contributed by atoms with Gasteiger partial charge < -0.3 is 4.74 Å². The van der Waals surface area contributed by atoms with Crippen LogP contribution in [0.25, 0.3) is 21.9 Å². The van der Waals surface area contributed by atoms with Gasteiger partial charge in [-0.2, -0.15) is 0 Å². The third kappa shape index (κ3) is 6.63. The Morgan fingerprint density at radius 2 is 1.54 bits per heavy atom. The number of rotatable bonds is 11. The molecule has 4 rings (SSSR count). The highest BCUT2D eigenvalue weighted by molar-refractivity contribution is 5.88. The monoisotopic (exact) mass is 478 g/mol. The summed E-state index contributed by atoms with van der Waals surface area (Å²) >= 11 is 0. The molecule has 3 aromatic rings. The van der Waals surface area contributed by atoms with Crippen molar-refractivity contribution < 1.29 is 13.5 Å². The molecule has 188 valence electrons. The van der Waals surface area contributed by atoms with Crippen molar-refractivity contribution in [1.82, 2.24) is 0 Å². The zero-order chi connectivity index (χ0) is 24.6. The predicted octanol–water partition coefficient (Wildman–Crippen LogP) is 9.89. The van der Waals surface area contributed by atoms with Crippen molar-refractivity contribution in [2.45, 2.75) is 84.0 Å². The van der Waals surface area contributed by atoms with Gasteiger partial charge in [0.05, 0.1) is 7.11 Å². The lowest BCUT2D eigenvalue weighted by Gasteiger charge is -2.28. The normalized spacial score (nSPS) is 18.2. The molecule has 0 bridgehead atoms. The Kier molecular flexibility index (Phi) is 9.18. The van der Waals surface area contributed by atoms with E-state index < -0.39 is 5.82 Å². The molecule has 1 fully saturated rings. The highest BCUT2D eigenvalue weighted by Gasteiger charge is 2.21. The quantitative estimate of drug-likeness (QED) is 0.249. The van der Waals surface area contributed by atoms with Crippen molar-refractivity contribution in [3.63, 3.8) is 0 Å². The Balaban J connectivity index is 1.32. The number of hydrogen-bond donors (Lipinski definition) is 0. The van der Waals surface area contributed by atoms with Gasteiger partial charge in [-0.25, -0.2) is 8.78 Å². The fourth-order valence-electron chi connectivity index (χ4n) is 5.77. The summed E-state index contributed by atoms with van der Waals surface area (Å²) in [6.07, 6.45) is 16.2. The first-order valence-corrected chi connectivity index (χ1v) is 13.6. The summed E-state index contributed by atoms with van der Waals surface area (Å²) in [4.78, 5) is 0. The van der Waals surface area contributed by atoms with Crippen LogP contribution >= 0.6 is 0 Å². The first kappa shape index (κ1) is 25.7. The molecule has 0 saturated heterocycles. The van der Waals surface area contributed by atoms with E-state index in [1.807, 2.05) is 12.1 Å². The van der Waals surface area contributed by atoms with Crippen molar-refractivity contribution in [3.05, 3.63) is 65.7 Å². The van der Waals surface area contributed by atoms with Crippen LogP contribution in [0.4, 0.5) is 8.78 Å². The topological polar surface area (TPSA) is 9.23 Å². The highest BCUT2D eigenvalue weighted by Crippen LogP contribution is 2.35. The predicted molar refractivity (Wildman–Crippen MR) is 143 cm³/mol. The number of halogens is 2. The Morgan fingerprint density at radius 1 is 0.800 bits per heavy atom. The van der Waals surface area contributed by atoms with Gasteiger partial charge in [-0.05, 0) is 53.3 Å². The number of aryl methyl sites for hydroxylation is 1. The van der Waals surface area contributed by atoms with Crippen molar-refractivity contribution in [1.29, 1.82) is 0 Å². The summed E-state index contributed by atoms with van der Waals surface area (Å²) in [5.41, 5.74) is 2.20. The minimum Gasteiger partial charge on any atom is -0.494 e. The van der Waals surface area contributed by atoms with Gasteiger partial charge in [-0.3, -0.25) is 0 Å². The first-order chi connectivity index (χ1) is 17.1. The van der Waals surface area contributed by atoms with Crippen molar-refractivity contribution in [2.75, 3.05) is 7.11 Å². The maximum Gasteiger partial charge on any atom is 0.165 e. The van der Waals surface area contributed by atoms with Crippen LogP contribution in [0.5, 0.6) is 5.75 Å². The van der Waals surface area contributed by atoms with Gasteiger partial charge in [0.25, 0.3) is 0 Å². The zero-order valence-electron chi connectivity index (χ0n) is 21.4. The van der Waals surface area contributed by atoms with Crippen molar-refractivity contribution >= 4 is 10.8 Å². The van der Waals surface area contributed by atoms with Crippen LogP contribution in [0, 0.1) is 23.5 Å². The molecule has 0 spiro atoms. The lowest BCUT2D eigenvalue weighted by Crippen LogP contribution is -2.15. The standard InChI is InChI=1S/C32H40F2O/c1-3-4-5-6-7-8-23-9-11-24(12-10-23)13-14-25-15-18-28-26(21-25)16-19-29(32(28)34)27-17-20-31(35-2)30(33)22-27/h15-24H,3-14H2,1-2H3/t23-,24-. The summed E-state index contributed by atoms with van der Waals surface area (Å²) in [6, 6.07) is 14.3. The molecule has 0 atom stereocenters. The SMILES string of the molecule is CCCCCCC[C@H]1CC[C@H](CCc2ccc3c(F)c(-c4ccc(OC)c(F)c4)ccc3c2)CC1. The molecule has 0 N–H and O–H groups in total. The Hall–Kier alpha value is -2.42. The van der Waals surface area contributed by atoms with Gasteiger partial charge in [0.2, 0.25) is 0 Å². The molecular formula is C32H40F2O. The number of unbranched alkanes of at least 4 members (excludes halogenated alkanes) is 4. The Labute approximate surface area is 209 Å². The van der Waals surface area contributed by atoms with Gasteiger partial charge in [-0.15, -0.1) is 0 Å². The van der Waals surface area contributed by atoms with E-state index in [2.05, 4.69) is 19.1 Å². The Bertz CT molecular complexity index is 1100. The van der Waals surface area contributed by atoms with Gasteiger partial charge in [0.15, 0.2) is 11.6 Å². The third-order valence-corrected chi connectivity index (χ3v) is 8.00. The molecule has 1 saturated carbocycles. The summed E-state index contributed by atoms with van der Waals surface area (Å²) in [5, 5.41) is 1.49. The van der Waals surface area contributed by atoms with Gasteiger partial charge in [0, 0.05) is 10.9 Å². The lowest BCUT2D eigenvalue weighted by atomic mass is 9.77. The van der Waals surface area contributed by atoms with E-state index >= 15 is 4.39 Å². The van der Waals surface area contributed by atoms with E-state index in [1.165, 1.54) is 89.4 Å². The number of ether oxygens (including phenoxy) is 1. The van der Waals surface area contributed by atoms with Gasteiger partial charge >= 0.3 is 0 Å². The zero-order valence-corrected chi connectivity index (χ0v) is 21.4. The molecule has 0 amide bonds. The number of fused-ring (bicyclic) bond motifs is 1. The summed E-state index contributed by atoms with van der Waals surface area (Å²) in [7, 11) is 1.42. The number of benzene rings is 3. The van der Waals surface area contributed by atoms with Crippen LogP contribution in [0.2, 0.25) is 0 Å². The third-order valence-electron chi connectivity index (χ3n) is 8.00. The maximum absolute atomic E-state index is 15.3. The van der Waals surface area contributed by atoms with E-state index in [0.717, 1.165) is 23.6 Å². The molecule has 3 heteroatoms. The molecular weight excluding hydrogens is 438 g/mol. The maximum atomic E-state index is 15.3. The average Bonchev–Trinajstić information content (AvgIpc) is 2.88. The van der Waals surface area contributed by atoms with Crippen LogP contribution < -0.4 is 4.74 Å².